The second-order valence-electron chi connectivity index (χ2n) is 5.68. The van der Waals surface area contributed by atoms with Gasteiger partial charge in [0.05, 0.1) is 29.2 Å². The quantitative estimate of drug-likeness (QED) is 0.878. The van der Waals surface area contributed by atoms with Crippen LogP contribution in [0.5, 0.6) is 0 Å². The van der Waals surface area contributed by atoms with Crippen LogP contribution in [-0.4, -0.2) is 24.1 Å². The minimum atomic E-state index is -3.78. The monoisotopic (exact) mass is 354 g/mol. The van der Waals surface area contributed by atoms with E-state index in [-0.39, 0.29) is 15.7 Å². The molecular formula is C14H18N4O3S2. The number of hydrogen-bond acceptors (Lipinski definition) is 5. The molecule has 2 aromatic rings. The van der Waals surface area contributed by atoms with Crippen LogP contribution in [0.1, 0.15) is 47.8 Å². The first-order valence-electron chi connectivity index (χ1n) is 7.33. The molecule has 2 aromatic heterocycles. The normalized spacial score (nSPS) is 15.9. The Morgan fingerprint density at radius 1 is 1.43 bits per heavy atom. The molecule has 1 saturated carbocycles. The van der Waals surface area contributed by atoms with E-state index in [0.29, 0.717) is 11.7 Å². The van der Waals surface area contributed by atoms with Crippen molar-refractivity contribution in [1.82, 2.24) is 9.78 Å². The van der Waals surface area contributed by atoms with Crippen molar-refractivity contribution < 1.29 is 13.2 Å². The van der Waals surface area contributed by atoms with E-state index in [4.69, 9.17) is 5.14 Å². The van der Waals surface area contributed by atoms with Crippen molar-refractivity contribution in [1.29, 1.82) is 0 Å². The van der Waals surface area contributed by atoms with Crippen LogP contribution < -0.4 is 10.5 Å². The number of carbonyl (C=O) groups is 1. The first-order valence-corrected chi connectivity index (χ1v) is 9.75. The average molecular weight is 354 g/mol. The number of primary sulfonamides is 1. The molecule has 3 rings (SSSR count). The minimum absolute atomic E-state index is 0.0268. The summed E-state index contributed by atoms with van der Waals surface area (Å²) in [6.45, 7) is 1.92. The molecule has 1 fully saturated rings. The van der Waals surface area contributed by atoms with Crippen LogP contribution in [0.15, 0.2) is 21.9 Å². The van der Waals surface area contributed by atoms with Gasteiger partial charge in [-0.1, -0.05) is 12.8 Å². The number of nitrogens with zero attached hydrogens (tertiary/aromatic N) is 2. The molecule has 0 aliphatic heterocycles. The van der Waals surface area contributed by atoms with Gasteiger partial charge in [0, 0.05) is 5.38 Å². The van der Waals surface area contributed by atoms with Gasteiger partial charge < -0.3 is 5.32 Å². The Bertz CT molecular complexity index is 832. The molecular weight excluding hydrogens is 336 g/mol. The predicted molar refractivity (Wildman–Crippen MR) is 88.1 cm³/mol. The van der Waals surface area contributed by atoms with E-state index in [1.807, 2.05) is 11.6 Å². The summed E-state index contributed by atoms with van der Waals surface area (Å²) in [5, 5.41) is 13.7. The van der Waals surface area contributed by atoms with Crippen molar-refractivity contribution in [2.75, 3.05) is 5.32 Å². The van der Waals surface area contributed by atoms with Crippen molar-refractivity contribution in [3.05, 3.63) is 28.9 Å². The molecule has 124 valence electrons. The van der Waals surface area contributed by atoms with Crippen molar-refractivity contribution in [3.8, 4) is 0 Å². The molecule has 1 amide bonds. The van der Waals surface area contributed by atoms with Crippen LogP contribution in [0.4, 0.5) is 5.69 Å². The average Bonchev–Trinajstić information content (AvgIpc) is 3.18. The second kappa shape index (κ2) is 6.06. The Labute approximate surface area is 138 Å². The molecule has 3 N–H and O–H groups in total. The lowest BCUT2D eigenvalue weighted by molar-refractivity contribution is 0.102. The Morgan fingerprint density at radius 2 is 2.13 bits per heavy atom. The van der Waals surface area contributed by atoms with Crippen molar-refractivity contribution in [3.63, 3.8) is 0 Å². The van der Waals surface area contributed by atoms with Gasteiger partial charge in [0.2, 0.25) is 10.0 Å². The summed E-state index contributed by atoms with van der Waals surface area (Å²) in [6, 6.07) is 1.68. The molecule has 0 radical (unpaired) electrons. The Kier molecular flexibility index (Phi) is 4.26. The Morgan fingerprint density at radius 3 is 2.74 bits per heavy atom. The molecule has 0 spiro atoms. The van der Waals surface area contributed by atoms with Crippen LogP contribution in [-0.2, 0) is 10.0 Å². The van der Waals surface area contributed by atoms with Gasteiger partial charge in [0.1, 0.15) is 4.21 Å². The van der Waals surface area contributed by atoms with E-state index in [1.165, 1.54) is 24.3 Å². The summed E-state index contributed by atoms with van der Waals surface area (Å²) < 4.78 is 24.5. The summed E-state index contributed by atoms with van der Waals surface area (Å²) >= 11 is 0.931. The van der Waals surface area contributed by atoms with Gasteiger partial charge in [-0.25, -0.2) is 13.6 Å². The fourth-order valence-electron chi connectivity index (χ4n) is 2.84. The number of thiophene rings is 1. The van der Waals surface area contributed by atoms with Crippen LogP contribution in [0.25, 0.3) is 0 Å². The highest BCUT2D eigenvalue weighted by Gasteiger charge is 2.21. The minimum Gasteiger partial charge on any atom is -0.319 e. The second-order valence-corrected chi connectivity index (χ2v) is 8.38. The van der Waals surface area contributed by atoms with E-state index in [0.717, 1.165) is 29.9 Å². The first-order chi connectivity index (χ1) is 10.9. The van der Waals surface area contributed by atoms with Crippen LogP contribution in [0.2, 0.25) is 0 Å². The molecule has 9 heteroatoms. The summed E-state index contributed by atoms with van der Waals surface area (Å²) in [7, 11) is -3.78. The Hall–Kier alpha value is -1.71. The van der Waals surface area contributed by atoms with Crippen molar-refractivity contribution in [2.24, 2.45) is 5.14 Å². The number of carbonyl (C=O) groups excluding carboxylic acids is 1. The van der Waals surface area contributed by atoms with Gasteiger partial charge in [0.25, 0.3) is 5.91 Å². The van der Waals surface area contributed by atoms with Crippen molar-refractivity contribution in [2.45, 2.75) is 42.9 Å². The highest BCUT2D eigenvalue weighted by Crippen LogP contribution is 2.31. The number of sulfonamides is 1. The lowest BCUT2D eigenvalue weighted by atomic mass is 10.2. The SMILES string of the molecule is Cc1c(NC(=O)c2csc(S(N)(=O)=O)c2)cnn1C1CCCC1. The van der Waals surface area contributed by atoms with Gasteiger partial charge in [-0.05, 0) is 25.8 Å². The third-order valence-corrected chi connectivity index (χ3v) is 6.47. The van der Waals surface area contributed by atoms with E-state index < -0.39 is 10.0 Å². The van der Waals surface area contributed by atoms with E-state index >= 15 is 0 Å². The number of hydrogen-bond donors (Lipinski definition) is 2. The van der Waals surface area contributed by atoms with Gasteiger partial charge in [0.15, 0.2) is 0 Å². The highest BCUT2D eigenvalue weighted by molar-refractivity contribution is 7.91. The van der Waals surface area contributed by atoms with Gasteiger partial charge in [-0.2, -0.15) is 5.10 Å². The van der Waals surface area contributed by atoms with Gasteiger partial charge >= 0.3 is 0 Å². The zero-order chi connectivity index (χ0) is 16.6. The van der Waals surface area contributed by atoms with E-state index in [9.17, 15) is 13.2 Å². The summed E-state index contributed by atoms with van der Waals surface area (Å²) in [5.41, 5.74) is 1.82. The maximum Gasteiger partial charge on any atom is 0.256 e. The third kappa shape index (κ3) is 3.31. The van der Waals surface area contributed by atoms with Crippen LogP contribution >= 0.6 is 11.3 Å². The molecule has 1 aliphatic rings. The number of nitrogens with two attached hydrogens (primary N) is 1. The zero-order valence-corrected chi connectivity index (χ0v) is 14.3. The lowest BCUT2D eigenvalue weighted by Crippen LogP contribution is -2.13. The lowest BCUT2D eigenvalue weighted by Gasteiger charge is -2.12. The standard InChI is InChI=1S/C14H18N4O3S2/c1-9-12(7-16-18(9)11-4-2-3-5-11)17-14(19)10-6-13(22-8-10)23(15,20)21/h6-8,11H,2-5H2,1H3,(H,17,19)(H2,15,20,21). The number of rotatable bonds is 4. The maximum atomic E-state index is 12.3. The fourth-order valence-corrected chi connectivity index (χ4v) is 4.43. The number of aromatic nitrogens is 2. The van der Waals surface area contributed by atoms with Gasteiger partial charge in [-0.3, -0.25) is 9.48 Å². The number of anilines is 1. The Balaban J connectivity index is 1.77. The molecule has 0 saturated heterocycles. The molecule has 2 heterocycles. The van der Waals surface area contributed by atoms with E-state index in [2.05, 4.69) is 10.4 Å². The molecule has 23 heavy (non-hydrogen) atoms. The third-order valence-electron chi connectivity index (χ3n) is 4.08. The predicted octanol–water partition coefficient (Wildman–Crippen LogP) is 2.27. The summed E-state index contributed by atoms with van der Waals surface area (Å²) in [5.74, 6) is -0.370. The largest absolute Gasteiger partial charge is 0.319 e. The number of nitrogens with one attached hydrogen (secondary N) is 1. The van der Waals surface area contributed by atoms with Crippen molar-refractivity contribution >= 4 is 33.0 Å². The smallest absolute Gasteiger partial charge is 0.256 e. The molecule has 7 nitrogen and oxygen atoms in total. The molecule has 0 unspecified atom stereocenters. The van der Waals surface area contributed by atoms with Crippen LogP contribution in [0.3, 0.4) is 0 Å². The van der Waals surface area contributed by atoms with E-state index in [1.54, 1.807) is 6.20 Å². The maximum absolute atomic E-state index is 12.3. The topological polar surface area (TPSA) is 107 Å². The number of amides is 1. The first kappa shape index (κ1) is 16.2. The zero-order valence-electron chi connectivity index (χ0n) is 12.7. The molecule has 1 aliphatic carbocycles. The molecule has 0 bridgehead atoms. The molecule has 0 aromatic carbocycles. The van der Waals surface area contributed by atoms with Gasteiger partial charge in [-0.15, -0.1) is 11.3 Å². The molecule has 0 atom stereocenters. The summed E-state index contributed by atoms with van der Waals surface area (Å²) in [6.07, 6.45) is 6.27. The van der Waals surface area contributed by atoms with Crippen LogP contribution in [0, 0.1) is 6.92 Å². The highest BCUT2D eigenvalue weighted by atomic mass is 32.2. The summed E-state index contributed by atoms with van der Waals surface area (Å²) in [4.78, 5) is 12.3. The fraction of sp³-hybridized carbons (Fsp3) is 0.429.